The van der Waals surface area contributed by atoms with Gasteiger partial charge in [-0.1, -0.05) is 0 Å². The number of nitrogens with one attached hydrogen (secondary N) is 1. The summed E-state index contributed by atoms with van der Waals surface area (Å²) < 4.78 is 0. The Bertz CT molecular complexity index is 24.3. The fourth-order valence-electron chi connectivity index (χ4n) is 0. The minimum atomic E-state index is 0. The molecule has 0 aliphatic rings. The van der Waals surface area contributed by atoms with E-state index in [9.17, 15) is 0 Å². The maximum atomic E-state index is 6.86. The molecule has 0 rings (SSSR count). The van der Waals surface area contributed by atoms with Crippen LogP contribution in [0.3, 0.4) is 0 Å². The Morgan fingerprint density at radius 3 is 1.75 bits per heavy atom. The van der Waals surface area contributed by atoms with Crippen molar-refractivity contribution in [1.29, 1.82) is 5.53 Å². The fraction of sp³-hybridized carbons (Fsp3) is 0. The van der Waals surface area contributed by atoms with E-state index in [4.69, 9.17) is 11.1 Å². The molecular weight excluding hydrogens is 70.1 g/mol. The van der Waals surface area contributed by atoms with E-state index >= 15 is 0 Å². The molecule has 0 atom stereocenters. The van der Waals surface area contributed by atoms with Crippen LogP contribution in [0.25, 0.3) is 10.4 Å². The first-order valence-corrected chi connectivity index (χ1v) is 0.424. The summed E-state index contributed by atoms with van der Waals surface area (Å²) in [5, 5.41) is 0. The molecule has 0 fully saturated rings. The van der Waals surface area contributed by atoms with Crippen molar-refractivity contribution in [2.24, 2.45) is 0 Å². The molecule has 0 amide bonds. The Morgan fingerprint density at radius 1 is 1.75 bits per heavy atom. The second-order valence-electron chi connectivity index (χ2n) is 0.100. The van der Waals surface area contributed by atoms with Crippen molar-refractivity contribution in [1.82, 2.24) is 0 Å². The summed E-state index contributed by atoms with van der Waals surface area (Å²) in [5.41, 5.74) is 12.2. The van der Waals surface area contributed by atoms with Crippen LogP contribution in [0.2, 0.25) is 0 Å². The van der Waals surface area contributed by atoms with Gasteiger partial charge in [0.2, 0.25) is 0 Å². The zero-order chi connectivity index (χ0) is 2.71. The van der Waals surface area contributed by atoms with E-state index in [1.54, 1.807) is 4.91 Å². The lowest BCUT2D eigenvalue weighted by atomic mass is 13.0. The molecule has 0 aromatic heterocycles. The Balaban J connectivity index is 0. The molecule has 0 aliphatic heterocycles. The van der Waals surface area contributed by atoms with Crippen molar-refractivity contribution in [2.45, 2.75) is 0 Å². The van der Waals surface area contributed by atoms with Crippen molar-refractivity contribution < 1.29 is 0 Å². The topological polar surface area (TPSA) is 60.3 Å². The van der Waals surface area contributed by atoms with Gasteiger partial charge in [-0.2, -0.15) is 0 Å². The van der Waals surface area contributed by atoms with Gasteiger partial charge in [-0.3, -0.25) is 0 Å². The second kappa shape index (κ2) is 21.2. The van der Waals surface area contributed by atoms with E-state index in [0.717, 1.165) is 0 Å². The molecule has 0 aliphatic carbocycles. The van der Waals surface area contributed by atoms with E-state index in [1.165, 1.54) is 0 Å². The lowest BCUT2D eigenvalue weighted by Crippen LogP contribution is -0.769. The molecule has 0 saturated heterocycles. The molecular formula is HN3Si. The van der Waals surface area contributed by atoms with Crippen LogP contribution in [0, 0.1) is 5.53 Å². The third-order valence-corrected chi connectivity index (χ3v) is 0. The monoisotopic (exact) mass is 71.0 g/mol. The van der Waals surface area contributed by atoms with E-state index in [0.29, 0.717) is 0 Å². The fourth-order valence-corrected chi connectivity index (χ4v) is 0. The zero-order valence-corrected chi connectivity index (χ0v) is 2.89. The molecule has 4 heavy (non-hydrogen) atoms. The minimum Gasteiger partial charge on any atom is -0.108 e. The summed E-state index contributed by atoms with van der Waals surface area (Å²) in [5.74, 6) is 0. The standard InChI is InChI=1S/HN3.Si/c1-3-2;/h1H;. The predicted octanol–water partition coefficient (Wildman–Crippen LogP) is 0.495. The summed E-state index contributed by atoms with van der Waals surface area (Å²) in [6.07, 6.45) is 0. The van der Waals surface area contributed by atoms with Gasteiger partial charge in [-0.05, 0) is 10.4 Å². The Kier molecular flexibility index (Phi) is 51.2. The molecule has 4 radical (unpaired) electrons. The lowest BCUT2D eigenvalue weighted by molar-refractivity contribution is 1.45. The van der Waals surface area contributed by atoms with Crippen LogP contribution in [-0.4, -0.2) is 11.0 Å². The van der Waals surface area contributed by atoms with E-state index in [-0.39, 0.29) is 11.0 Å². The van der Waals surface area contributed by atoms with Gasteiger partial charge in [0.15, 0.2) is 0 Å². The van der Waals surface area contributed by atoms with Gasteiger partial charge in [0.05, 0.1) is 0 Å². The Labute approximate surface area is 28.1 Å². The van der Waals surface area contributed by atoms with E-state index in [1.807, 2.05) is 0 Å². The molecule has 0 aromatic rings. The maximum absolute atomic E-state index is 6.86. The normalized spacial score (nSPS) is 2.00. The molecule has 0 heterocycles. The van der Waals surface area contributed by atoms with Crippen molar-refractivity contribution in [3.8, 4) is 0 Å². The van der Waals surface area contributed by atoms with Crippen LogP contribution < -0.4 is 0 Å². The highest BCUT2D eigenvalue weighted by atomic mass is 28.1. The van der Waals surface area contributed by atoms with Gasteiger partial charge >= 0.3 is 0 Å². The summed E-state index contributed by atoms with van der Waals surface area (Å²) in [6, 6.07) is 0. The Hall–Kier alpha value is -0.473. The molecule has 0 aromatic carbocycles. The lowest BCUT2D eigenvalue weighted by Gasteiger charge is -1.03. The van der Waals surface area contributed by atoms with Crippen molar-refractivity contribution >= 4 is 11.0 Å². The number of hydrogen-bond acceptors (Lipinski definition) is 1. The third-order valence-electron chi connectivity index (χ3n) is 0. The zero-order valence-electron chi connectivity index (χ0n) is 1.89. The summed E-state index contributed by atoms with van der Waals surface area (Å²) in [7, 11) is 0. The highest BCUT2D eigenvalue weighted by Gasteiger charge is 0.973. The molecule has 1 N–H and O–H groups in total. The smallest absolute Gasteiger partial charge is 0 e. The molecule has 0 saturated carbocycles. The van der Waals surface area contributed by atoms with Crippen LogP contribution >= 0.6 is 0 Å². The number of rotatable bonds is 0. The summed E-state index contributed by atoms with van der Waals surface area (Å²) in [4.78, 5) is 1.75. The van der Waals surface area contributed by atoms with Crippen molar-refractivity contribution in [2.75, 3.05) is 0 Å². The largest absolute Gasteiger partial charge is 0.108 e. The number of hydrogen-bond donors (Lipinski definition) is 1. The van der Waals surface area contributed by atoms with Crippen LogP contribution in [0.5, 0.6) is 0 Å². The Morgan fingerprint density at radius 2 is 1.75 bits per heavy atom. The van der Waals surface area contributed by atoms with Gasteiger partial charge in [-0.25, -0.2) is 0 Å². The van der Waals surface area contributed by atoms with Gasteiger partial charge in [0.1, 0.15) is 0 Å². The number of nitrogens with zero attached hydrogens (tertiary/aromatic N) is 2. The summed E-state index contributed by atoms with van der Waals surface area (Å²) >= 11 is 0. The first-order chi connectivity index (χ1) is 1.41. The molecule has 20 valence electrons. The molecule has 4 heteroatoms. The molecule has 0 spiro atoms. The highest BCUT2D eigenvalue weighted by Crippen LogP contribution is 1.24. The second-order valence-corrected chi connectivity index (χ2v) is 0.100. The maximum Gasteiger partial charge on any atom is 0 e. The molecule has 0 unspecified atom stereocenters. The third kappa shape index (κ3) is 1.89. The van der Waals surface area contributed by atoms with Crippen LogP contribution in [0.4, 0.5) is 0 Å². The van der Waals surface area contributed by atoms with Crippen LogP contribution in [0.1, 0.15) is 0 Å². The van der Waals surface area contributed by atoms with Crippen molar-refractivity contribution in [3.63, 3.8) is 0 Å². The predicted molar refractivity (Wildman–Crippen MR) is 15.2 cm³/mol. The van der Waals surface area contributed by atoms with Crippen LogP contribution in [0.15, 0.2) is 0 Å². The molecule has 0 bridgehead atoms. The van der Waals surface area contributed by atoms with E-state index < -0.39 is 0 Å². The first kappa shape index (κ1) is 9.66. The SMILES string of the molecule is [N-]=[N+]=N.[Si]. The summed E-state index contributed by atoms with van der Waals surface area (Å²) in [6.45, 7) is 0. The molecule has 3 nitrogen and oxygen atoms in total. The van der Waals surface area contributed by atoms with Gasteiger partial charge < -0.3 is 0 Å². The van der Waals surface area contributed by atoms with Crippen molar-refractivity contribution in [3.05, 3.63) is 10.4 Å². The highest BCUT2D eigenvalue weighted by molar-refractivity contribution is 5.75. The van der Waals surface area contributed by atoms with Gasteiger partial charge in [-0.15, -0.1) is 5.53 Å². The minimum absolute atomic E-state index is 0. The van der Waals surface area contributed by atoms with Crippen LogP contribution in [-0.2, 0) is 0 Å². The average molecular weight is 71.1 g/mol. The van der Waals surface area contributed by atoms with Gasteiger partial charge in [0.25, 0.3) is 0 Å². The first-order valence-electron chi connectivity index (χ1n) is 0.424. The van der Waals surface area contributed by atoms with E-state index in [2.05, 4.69) is 0 Å². The van der Waals surface area contributed by atoms with Gasteiger partial charge in [0, 0.05) is 11.0 Å². The quantitative estimate of drug-likeness (QED) is 0.187. The average Bonchev–Trinajstić information content (AvgIpc) is 0.918.